The lowest BCUT2D eigenvalue weighted by atomic mass is 10.1. The average molecular weight is 373 g/mol. The first kappa shape index (κ1) is 17.2. The molecule has 2 N–H and O–H groups in total. The zero-order valence-electron chi connectivity index (χ0n) is 13.2. The zero-order valence-corrected chi connectivity index (χ0v) is 14.8. The van der Waals surface area contributed by atoms with Gasteiger partial charge < -0.3 is 15.4 Å². The molecule has 0 spiro atoms. The lowest BCUT2D eigenvalue weighted by Crippen LogP contribution is -2.37. The van der Waals surface area contributed by atoms with Crippen LogP contribution in [0.5, 0.6) is 0 Å². The molecule has 122 valence electrons. The average Bonchev–Trinajstić information content (AvgIpc) is 3.07. The normalized spacial score (nSPS) is 22.1. The number of amides is 1. The number of nitrogens with one attached hydrogen (secondary N) is 2. The number of ether oxygens (including phenoxy) is 1. The molecule has 0 aromatic heterocycles. The van der Waals surface area contributed by atoms with Gasteiger partial charge in [0.15, 0.2) is 0 Å². The first-order chi connectivity index (χ1) is 10.2. The summed E-state index contributed by atoms with van der Waals surface area (Å²) in [7, 11) is 0. The zero-order chi connectivity index (χ0) is 16.5. The van der Waals surface area contributed by atoms with Gasteiger partial charge in [0, 0.05) is 18.1 Å². The van der Waals surface area contributed by atoms with Crippen LogP contribution in [0.2, 0.25) is 0 Å². The van der Waals surface area contributed by atoms with E-state index in [1.807, 2.05) is 27.7 Å². The molecule has 1 aliphatic rings. The number of carbonyl (C=O) groups excluding carboxylic acids is 1. The second-order valence-corrected chi connectivity index (χ2v) is 7.51. The van der Waals surface area contributed by atoms with E-state index in [9.17, 15) is 9.18 Å². The SMILES string of the molecule is CC(NC1CC1NC(=O)OC(C)(C)C)c1ccc(F)c(Br)c1. The number of hydrogen-bond donors (Lipinski definition) is 2. The molecule has 1 amide bonds. The number of hydrogen-bond acceptors (Lipinski definition) is 3. The van der Waals surface area contributed by atoms with Crippen LogP contribution in [-0.2, 0) is 4.74 Å². The molecule has 1 aliphatic carbocycles. The van der Waals surface area contributed by atoms with E-state index >= 15 is 0 Å². The monoisotopic (exact) mass is 372 g/mol. The van der Waals surface area contributed by atoms with Crippen molar-refractivity contribution in [1.29, 1.82) is 0 Å². The molecule has 0 heterocycles. The van der Waals surface area contributed by atoms with Crippen molar-refractivity contribution in [2.45, 2.75) is 57.8 Å². The van der Waals surface area contributed by atoms with Gasteiger partial charge in [0.05, 0.1) is 4.47 Å². The smallest absolute Gasteiger partial charge is 0.407 e. The van der Waals surface area contributed by atoms with Crippen molar-refractivity contribution >= 4 is 22.0 Å². The molecule has 0 aliphatic heterocycles. The Morgan fingerprint density at radius 1 is 1.41 bits per heavy atom. The maximum atomic E-state index is 13.2. The maximum Gasteiger partial charge on any atom is 0.407 e. The van der Waals surface area contributed by atoms with Crippen LogP contribution in [0.15, 0.2) is 22.7 Å². The molecule has 1 aromatic rings. The van der Waals surface area contributed by atoms with Gasteiger partial charge >= 0.3 is 6.09 Å². The van der Waals surface area contributed by atoms with Crippen molar-refractivity contribution in [2.75, 3.05) is 0 Å². The van der Waals surface area contributed by atoms with Gasteiger partial charge in [0.25, 0.3) is 0 Å². The van der Waals surface area contributed by atoms with E-state index in [1.165, 1.54) is 6.07 Å². The van der Waals surface area contributed by atoms with Crippen molar-refractivity contribution in [3.63, 3.8) is 0 Å². The molecule has 3 atom stereocenters. The van der Waals surface area contributed by atoms with Crippen molar-refractivity contribution in [3.05, 3.63) is 34.1 Å². The minimum atomic E-state index is -0.490. The second-order valence-electron chi connectivity index (χ2n) is 6.66. The molecule has 6 heteroatoms. The van der Waals surface area contributed by atoms with Gasteiger partial charge in [0.1, 0.15) is 11.4 Å². The van der Waals surface area contributed by atoms with Crippen molar-refractivity contribution in [2.24, 2.45) is 0 Å². The van der Waals surface area contributed by atoms with Crippen LogP contribution in [0.25, 0.3) is 0 Å². The van der Waals surface area contributed by atoms with Crippen molar-refractivity contribution < 1.29 is 13.9 Å². The first-order valence-electron chi connectivity index (χ1n) is 7.36. The highest BCUT2D eigenvalue weighted by molar-refractivity contribution is 9.10. The predicted molar refractivity (Wildman–Crippen MR) is 87.2 cm³/mol. The summed E-state index contributed by atoms with van der Waals surface area (Å²) in [5.41, 5.74) is 0.506. The Hall–Kier alpha value is -1.14. The highest BCUT2D eigenvalue weighted by Crippen LogP contribution is 2.27. The van der Waals surface area contributed by atoms with E-state index in [2.05, 4.69) is 26.6 Å². The molecule has 1 fully saturated rings. The minimum absolute atomic E-state index is 0.0762. The number of rotatable bonds is 4. The van der Waals surface area contributed by atoms with Crippen LogP contribution in [0.1, 0.15) is 45.7 Å². The van der Waals surface area contributed by atoms with Crippen LogP contribution in [0.4, 0.5) is 9.18 Å². The summed E-state index contributed by atoms with van der Waals surface area (Å²) < 4.78 is 18.9. The summed E-state index contributed by atoms with van der Waals surface area (Å²) in [5.74, 6) is -0.271. The van der Waals surface area contributed by atoms with E-state index < -0.39 is 5.60 Å². The predicted octanol–water partition coefficient (Wildman–Crippen LogP) is 3.90. The Balaban J connectivity index is 1.81. The molecule has 1 saturated carbocycles. The molecule has 1 aromatic carbocycles. The lowest BCUT2D eigenvalue weighted by Gasteiger charge is -2.20. The number of halogens is 2. The minimum Gasteiger partial charge on any atom is -0.444 e. The molecule has 22 heavy (non-hydrogen) atoms. The van der Waals surface area contributed by atoms with Gasteiger partial charge in [-0.1, -0.05) is 6.07 Å². The number of benzene rings is 1. The third-order valence-corrected chi connectivity index (χ3v) is 4.01. The third-order valence-electron chi connectivity index (χ3n) is 3.40. The highest BCUT2D eigenvalue weighted by atomic mass is 79.9. The highest BCUT2D eigenvalue weighted by Gasteiger charge is 2.40. The van der Waals surface area contributed by atoms with Gasteiger partial charge in [-0.15, -0.1) is 0 Å². The standard InChI is InChI=1S/C16H22BrFN2O2/c1-9(10-5-6-12(18)11(17)7-10)19-13-8-14(13)20-15(21)22-16(2,3)4/h5-7,9,13-14,19H,8H2,1-4H3,(H,20,21). The Bertz CT molecular complexity index is 560. The lowest BCUT2D eigenvalue weighted by molar-refractivity contribution is 0.0522. The topological polar surface area (TPSA) is 50.4 Å². The van der Waals surface area contributed by atoms with Crippen LogP contribution >= 0.6 is 15.9 Å². The number of carbonyl (C=O) groups is 1. The first-order valence-corrected chi connectivity index (χ1v) is 8.15. The summed E-state index contributed by atoms with van der Waals surface area (Å²) in [6.45, 7) is 7.53. The van der Waals surface area contributed by atoms with Gasteiger partial charge in [-0.2, -0.15) is 0 Å². The maximum absolute atomic E-state index is 13.2. The Morgan fingerprint density at radius 3 is 2.68 bits per heavy atom. The van der Waals surface area contributed by atoms with E-state index in [0.717, 1.165) is 12.0 Å². The fourth-order valence-corrected chi connectivity index (χ4v) is 2.59. The molecular weight excluding hydrogens is 351 g/mol. The van der Waals surface area contributed by atoms with Gasteiger partial charge in [-0.25, -0.2) is 9.18 Å². The van der Waals surface area contributed by atoms with Crippen LogP contribution in [0.3, 0.4) is 0 Å². The fourth-order valence-electron chi connectivity index (χ4n) is 2.20. The van der Waals surface area contributed by atoms with Crippen LogP contribution < -0.4 is 10.6 Å². The van der Waals surface area contributed by atoms with Gasteiger partial charge in [-0.05, 0) is 67.7 Å². The molecule has 0 radical (unpaired) electrons. The van der Waals surface area contributed by atoms with Crippen LogP contribution in [-0.4, -0.2) is 23.8 Å². The molecule has 2 rings (SSSR count). The van der Waals surface area contributed by atoms with Gasteiger partial charge in [0.2, 0.25) is 0 Å². The molecule has 4 nitrogen and oxygen atoms in total. The van der Waals surface area contributed by atoms with Gasteiger partial charge in [-0.3, -0.25) is 0 Å². The molecule has 0 bridgehead atoms. The summed E-state index contributed by atoms with van der Waals surface area (Å²) >= 11 is 3.19. The summed E-state index contributed by atoms with van der Waals surface area (Å²) in [5, 5.41) is 6.27. The molecular formula is C16H22BrFN2O2. The molecule has 3 unspecified atom stereocenters. The molecule has 0 saturated heterocycles. The Morgan fingerprint density at radius 2 is 2.09 bits per heavy atom. The fraction of sp³-hybridized carbons (Fsp3) is 0.562. The summed E-state index contributed by atoms with van der Waals surface area (Å²) in [4.78, 5) is 11.7. The van der Waals surface area contributed by atoms with Crippen molar-refractivity contribution in [1.82, 2.24) is 10.6 Å². The van der Waals surface area contributed by atoms with E-state index in [4.69, 9.17) is 4.74 Å². The largest absolute Gasteiger partial charge is 0.444 e. The van der Waals surface area contributed by atoms with E-state index in [-0.39, 0.29) is 30.0 Å². The van der Waals surface area contributed by atoms with E-state index in [1.54, 1.807) is 12.1 Å². The Kier molecular flexibility index (Phi) is 5.12. The Labute approximate surface area is 138 Å². The van der Waals surface area contributed by atoms with E-state index in [0.29, 0.717) is 4.47 Å². The quantitative estimate of drug-likeness (QED) is 0.842. The third kappa shape index (κ3) is 4.95. The summed E-state index contributed by atoms with van der Waals surface area (Å²) in [6, 6.07) is 5.35. The van der Waals surface area contributed by atoms with Crippen molar-refractivity contribution in [3.8, 4) is 0 Å². The van der Waals surface area contributed by atoms with Crippen LogP contribution in [0, 0.1) is 5.82 Å². The number of alkyl carbamates (subject to hydrolysis) is 1. The second kappa shape index (κ2) is 6.54. The summed E-state index contributed by atoms with van der Waals surface area (Å²) in [6.07, 6.45) is 0.477.